The molecule has 1 aliphatic rings. The molecule has 1 N–H and O–H groups in total. The van der Waals surface area contributed by atoms with Gasteiger partial charge in [-0.3, -0.25) is 9.69 Å². The fourth-order valence-electron chi connectivity index (χ4n) is 4.51. The van der Waals surface area contributed by atoms with Crippen LogP contribution < -0.4 is 14.8 Å². The minimum absolute atomic E-state index is 0.00532. The number of amides is 3. The van der Waals surface area contributed by atoms with Crippen molar-refractivity contribution < 1.29 is 23.5 Å². The highest BCUT2D eigenvalue weighted by molar-refractivity contribution is 6.07. The number of methoxy groups -OCH3 is 2. The fraction of sp³-hybridized carbons (Fsp3) is 0.214. The summed E-state index contributed by atoms with van der Waals surface area (Å²) in [5, 5.41) is 11.3. The largest absolute Gasteiger partial charge is 0.497 e. The van der Waals surface area contributed by atoms with Crippen LogP contribution in [0.1, 0.15) is 30.0 Å². The number of hydrogen-bond donors (Lipinski definition) is 1. The molecule has 2 atom stereocenters. The molecular weight excluding hydrogens is 472 g/mol. The molecule has 0 radical (unpaired) electrons. The topological polar surface area (TPSA) is 107 Å². The molecule has 0 saturated carbocycles. The first-order valence-corrected chi connectivity index (χ1v) is 11.8. The van der Waals surface area contributed by atoms with Gasteiger partial charge in [0.05, 0.1) is 20.3 Å². The summed E-state index contributed by atoms with van der Waals surface area (Å²) in [5.41, 5.74) is 0.635. The minimum Gasteiger partial charge on any atom is -0.497 e. The predicted molar refractivity (Wildman–Crippen MR) is 135 cm³/mol. The Kier molecular flexibility index (Phi) is 6.35. The predicted octanol–water partition coefficient (Wildman–Crippen LogP) is 4.50. The zero-order chi connectivity index (χ0) is 26.0. The number of hydrogen-bond acceptors (Lipinski definition) is 7. The number of nitrogens with one attached hydrogen (secondary N) is 1. The van der Waals surface area contributed by atoms with Crippen LogP contribution in [0.4, 0.5) is 4.79 Å². The van der Waals surface area contributed by atoms with Crippen LogP contribution in [0.5, 0.6) is 11.5 Å². The molecule has 0 unspecified atom stereocenters. The van der Waals surface area contributed by atoms with Gasteiger partial charge in [-0.2, -0.15) is 0 Å². The third-order valence-corrected chi connectivity index (χ3v) is 6.49. The van der Waals surface area contributed by atoms with Gasteiger partial charge in [-0.1, -0.05) is 60.7 Å². The molecule has 1 aliphatic heterocycles. The number of rotatable bonds is 8. The average molecular weight is 499 g/mol. The summed E-state index contributed by atoms with van der Waals surface area (Å²) in [6.45, 7) is 1.81. The second kappa shape index (κ2) is 9.77. The quantitative estimate of drug-likeness (QED) is 0.356. The fourth-order valence-corrected chi connectivity index (χ4v) is 4.51. The van der Waals surface area contributed by atoms with Crippen LogP contribution in [0.3, 0.4) is 0 Å². The van der Waals surface area contributed by atoms with Crippen molar-refractivity contribution in [2.75, 3.05) is 14.2 Å². The maximum Gasteiger partial charge on any atom is 0.326 e. The zero-order valence-electron chi connectivity index (χ0n) is 20.7. The second-order valence-corrected chi connectivity index (χ2v) is 8.77. The first-order chi connectivity index (χ1) is 17.9. The molecule has 1 fully saturated rings. The number of ether oxygens (including phenoxy) is 2. The van der Waals surface area contributed by atoms with Crippen LogP contribution >= 0.6 is 0 Å². The molecule has 1 aromatic heterocycles. The maximum atomic E-state index is 14.1. The maximum absolute atomic E-state index is 14.1. The van der Waals surface area contributed by atoms with E-state index in [0.29, 0.717) is 17.1 Å². The Morgan fingerprint density at radius 3 is 2.16 bits per heavy atom. The zero-order valence-corrected chi connectivity index (χ0v) is 20.7. The van der Waals surface area contributed by atoms with E-state index in [0.717, 1.165) is 11.1 Å². The first kappa shape index (κ1) is 24.1. The Morgan fingerprint density at radius 2 is 1.54 bits per heavy atom. The van der Waals surface area contributed by atoms with Crippen molar-refractivity contribution in [3.05, 3.63) is 95.9 Å². The summed E-state index contributed by atoms with van der Waals surface area (Å²) >= 11 is 0. The lowest BCUT2D eigenvalue weighted by molar-refractivity contribution is -0.133. The van der Waals surface area contributed by atoms with Crippen molar-refractivity contribution in [2.24, 2.45) is 0 Å². The lowest BCUT2D eigenvalue weighted by atomic mass is 9.90. The second-order valence-electron chi connectivity index (χ2n) is 8.77. The van der Waals surface area contributed by atoms with E-state index in [9.17, 15) is 9.59 Å². The molecule has 0 aliphatic carbocycles. The molecule has 3 amide bonds. The summed E-state index contributed by atoms with van der Waals surface area (Å²) in [6.07, 6.45) is 0.138. The summed E-state index contributed by atoms with van der Waals surface area (Å²) < 4.78 is 16.8. The van der Waals surface area contributed by atoms with E-state index in [2.05, 4.69) is 15.5 Å². The smallest absolute Gasteiger partial charge is 0.326 e. The van der Waals surface area contributed by atoms with Crippen molar-refractivity contribution in [3.63, 3.8) is 0 Å². The Hall–Kier alpha value is -4.66. The van der Waals surface area contributed by atoms with Gasteiger partial charge in [-0.25, -0.2) is 4.79 Å². The van der Waals surface area contributed by atoms with Gasteiger partial charge in [0.2, 0.25) is 11.4 Å². The Balaban J connectivity index is 1.58. The molecule has 4 aromatic rings. The van der Waals surface area contributed by atoms with Crippen molar-refractivity contribution >= 4 is 11.9 Å². The summed E-state index contributed by atoms with van der Waals surface area (Å²) in [4.78, 5) is 28.6. The van der Waals surface area contributed by atoms with Crippen LogP contribution in [-0.2, 0) is 16.8 Å². The van der Waals surface area contributed by atoms with E-state index in [1.165, 1.54) is 4.90 Å². The third kappa shape index (κ3) is 4.40. The van der Waals surface area contributed by atoms with Crippen molar-refractivity contribution in [3.8, 4) is 23.0 Å². The molecule has 0 bridgehead atoms. The number of imide groups is 1. The van der Waals surface area contributed by atoms with E-state index in [4.69, 9.17) is 13.9 Å². The number of nitrogens with zero attached hydrogens (tertiary/aromatic N) is 3. The third-order valence-electron chi connectivity index (χ3n) is 6.49. The number of carbonyl (C=O) groups excluding carboxylic acids is 2. The standard InChI is InChI=1S/C28H26N4O5/c1-18(20-12-8-5-9-13-20)32-26(33)28(29-27(32)34,17-19-10-6-4-7-11-19)25-31-30-24(37-25)21-14-22(35-2)16-23(15-21)36-3/h4-16,18H,17H2,1-3H3,(H,29,34)/t18-,28-/m1/s1. The molecule has 9 heteroatoms. The van der Waals surface area contributed by atoms with Gasteiger partial charge in [0.25, 0.3) is 11.8 Å². The number of aromatic nitrogens is 2. The summed E-state index contributed by atoms with van der Waals surface area (Å²) in [5.74, 6) is 0.782. The first-order valence-electron chi connectivity index (χ1n) is 11.8. The number of carbonyl (C=O) groups is 2. The highest BCUT2D eigenvalue weighted by atomic mass is 16.5. The molecule has 3 aromatic carbocycles. The van der Waals surface area contributed by atoms with Crippen LogP contribution in [-0.4, -0.2) is 41.3 Å². The Labute approximate surface area is 214 Å². The monoisotopic (exact) mass is 498 g/mol. The molecule has 37 heavy (non-hydrogen) atoms. The Bertz CT molecular complexity index is 1400. The van der Waals surface area contributed by atoms with E-state index in [1.807, 2.05) is 67.6 Å². The van der Waals surface area contributed by atoms with Gasteiger partial charge in [0, 0.05) is 18.1 Å². The van der Waals surface area contributed by atoms with Gasteiger partial charge in [-0.05, 0) is 30.2 Å². The van der Waals surface area contributed by atoms with Gasteiger partial charge in [-0.15, -0.1) is 10.2 Å². The molecule has 5 rings (SSSR count). The highest BCUT2D eigenvalue weighted by Gasteiger charge is 2.57. The number of urea groups is 1. The van der Waals surface area contributed by atoms with Gasteiger partial charge < -0.3 is 19.2 Å². The molecule has 9 nitrogen and oxygen atoms in total. The van der Waals surface area contributed by atoms with Crippen molar-refractivity contribution in [1.29, 1.82) is 0 Å². The van der Waals surface area contributed by atoms with Gasteiger partial charge >= 0.3 is 6.03 Å². The molecule has 188 valence electrons. The van der Waals surface area contributed by atoms with E-state index in [-0.39, 0.29) is 18.2 Å². The Morgan fingerprint density at radius 1 is 0.919 bits per heavy atom. The SMILES string of the molecule is COc1cc(OC)cc(-c2nnc([C@@]3(Cc4ccccc4)NC(=O)N([C@H](C)c4ccccc4)C3=O)o2)c1. The van der Waals surface area contributed by atoms with E-state index < -0.39 is 23.5 Å². The minimum atomic E-state index is -1.57. The van der Waals surface area contributed by atoms with Gasteiger partial charge in [0.1, 0.15) is 11.5 Å². The van der Waals surface area contributed by atoms with E-state index in [1.54, 1.807) is 32.4 Å². The van der Waals surface area contributed by atoms with Crippen LogP contribution in [0.25, 0.3) is 11.5 Å². The summed E-state index contributed by atoms with van der Waals surface area (Å²) in [6, 6.07) is 22.9. The highest BCUT2D eigenvalue weighted by Crippen LogP contribution is 2.38. The van der Waals surface area contributed by atoms with Crippen LogP contribution in [0, 0.1) is 0 Å². The molecular formula is C28H26N4O5. The average Bonchev–Trinajstić information content (AvgIpc) is 3.53. The summed E-state index contributed by atoms with van der Waals surface area (Å²) in [7, 11) is 3.09. The van der Waals surface area contributed by atoms with Crippen LogP contribution in [0.15, 0.2) is 83.3 Å². The molecule has 0 spiro atoms. The number of benzene rings is 3. The van der Waals surface area contributed by atoms with Crippen LogP contribution in [0.2, 0.25) is 0 Å². The molecule has 2 heterocycles. The lowest BCUT2D eigenvalue weighted by Gasteiger charge is -2.25. The van der Waals surface area contributed by atoms with Crippen molar-refractivity contribution in [1.82, 2.24) is 20.4 Å². The lowest BCUT2D eigenvalue weighted by Crippen LogP contribution is -2.46. The molecule has 1 saturated heterocycles. The van der Waals surface area contributed by atoms with E-state index >= 15 is 0 Å². The van der Waals surface area contributed by atoms with Gasteiger partial charge in [0.15, 0.2) is 0 Å². The van der Waals surface area contributed by atoms with Crippen molar-refractivity contribution in [2.45, 2.75) is 24.9 Å². The normalized spacial score (nSPS) is 18.0.